The average molecular weight is 265 g/mol. The van der Waals surface area contributed by atoms with Crippen molar-refractivity contribution >= 4 is 16.5 Å². The Morgan fingerprint density at radius 1 is 1.22 bits per heavy atom. The lowest BCUT2D eigenvalue weighted by molar-refractivity contribution is 0.627. The molecule has 0 fully saturated rings. The number of rotatable bonds is 6. The molecular formula is C13H16FN3S. The molecule has 0 bridgehead atoms. The van der Waals surface area contributed by atoms with Crippen molar-refractivity contribution in [3.05, 3.63) is 46.7 Å². The van der Waals surface area contributed by atoms with Gasteiger partial charge in [0.1, 0.15) is 5.82 Å². The topological polar surface area (TPSA) is 50.9 Å². The van der Waals surface area contributed by atoms with Crippen LogP contribution in [0.1, 0.15) is 11.3 Å². The first kappa shape index (κ1) is 13.0. The van der Waals surface area contributed by atoms with Gasteiger partial charge in [0.25, 0.3) is 0 Å². The summed E-state index contributed by atoms with van der Waals surface area (Å²) in [4.78, 5) is 4.41. The summed E-state index contributed by atoms with van der Waals surface area (Å²) in [5, 5.41) is 6.20. The number of hydrogen-bond donors (Lipinski definition) is 2. The zero-order valence-electron chi connectivity index (χ0n) is 10.0. The molecule has 1 aromatic heterocycles. The molecule has 0 spiro atoms. The van der Waals surface area contributed by atoms with Crippen LogP contribution in [0.2, 0.25) is 0 Å². The van der Waals surface area contributed by atoms with Gasteiger partial charge in [-0.05, 0) is 30.7 Å². The average Bonchev–Trinajstić information content (AvgIpc) is 2.80. The van der Waals surface area contributed by atoms with Gasteiger partial charge in [0.15, 0.2) is 5.13 Å². The minimum Gasteiger partial charge on any atom is -0.361 e. The van der Waals surface area contributed by atoms with Crippen molar-refractivity contribution in [1.29, 1.82) is 0 Å². The van der Waals surface area contributed by atoms with Crippen LogP contribution in [-0.4, -0.2) is 18.1 Å². The number of thiazole rings is 1. The Hall–Kier alpha value is -1.46. The Labute approximate surface area is 110 Å². The Kier molecular flexibility index (Phi) is 4.66. The number of nitrogens with one attached hydrogen (secondary N) is 1. The standard InChI is InChI=1S/C13H16FN3S/c14-11-3-1-10(2-4-11)6-8-16-13-17-12(5-7-15)9-18-13/h1-4,9H,5-8,15H2,(H,16,17). The van der Waals surface area contributed by atoms with Crippen LogP contribution in [0.15, 0.2) is 29.6 Å². The van der Waals surface area contributed by atoms with Gasteiger partial charge in [0.05, 0.1) is 5.69 Å². The maximum atomic E-state index is 12.7. The zero-order chi connectivity index (χ0) is 12.8. The summed E-state index contributed by atoms with van der Waals surface area (Å²) in [6, 6.07) is 6.58. The molecule has 5 heteroatoms. The molecule has 0 atom stereocenters. The SMILES string of the molecule is NCCc1csc(NCCc2ccc(F)cc2)n1. The lowest BCUT2D eigenvalue weighted by Gasteiger charge is -2.02. The molecule has 0 aliphatic rings. The molecule has 3 nitrogen and oxygen atoms in total. The summed E-state index contributed by atoms with van der Waals surface area (Å²) in [5.41, 5.74) is 7.62. The fourth-order valence-corrected chi connectivity index (χ4v) is 2.39. The van der Waals surface area contributed by atoms with Crippen LogP contribution in [0.4, 0.5) is 9.52 Å². The fraction of sp³-hybridized carbons (Fsp3) is 0.308. The Bertz CT molecular complexity index is 481. The van der Waals surface area contributed by atoms with Crippen LogP contribution in [0.3, 0.4) is 0 Å². The van der Waals surface area contributed by atoms with Crippen LogP contribution in [0.25, 0.3) is 0 Å². The number of hydrogen-bond acceptors (Lipinski definition) is 4. The van der Waals surface area contributed by atoms with Crippen LogP contribution in [0, 0.1) is 5.82 Å². The molecule has 0 saturated heterocycles. The molecule has 18 heavy (non-hydrogen) atoms. The second kappa shape index (κ2) is 6.47. The fourth-order valence-electron chi connectivity index (χ4n) is 1.62. The van der Waals surface area contributed by atoms with Crippen molar-refractivity contribution in [1.82, 2.24) is 4.98 Å². The second-order valence-electron chi connectivity index (χ2n) is 3.99. The van der Waals surface area contributed by atoms with Gasteiger partial charge in [-0.25, -0.2) is 9.37 Å². The summed E-state index contributed by atoms with van der Waals surface area (Å²) in [5.74, 6) is -0.196. The molecule has 0 amide bonds. The summed E-state index contributed by atoms with van der Waals surface area (Å²) in [6.07, 6.45) is 1.67. The van der Waals surface area contributed by atoms with Crippen molar-refractivity contribution in [2.75, 3.05) is 18.4 Å². The molecule has 0 aliphatic carbocycles. The van der Waals surface area contributed by atoms with E-state index in [0.717, 1.165) is 35.8 Å². The van der Waals surface area contributed by atoms with Gasteiger partial charge in [-0.15, -0.1) is 11.3 Å². The highest BCUT2D eigenvalue weighted by molar-refractivity contribution is 7.13. The predicted octanol–water partition coefficient (Wildman–Crippen LogP) is 2.44. The van der Waals surface area contributed by atoms with Crippen molar-refractivity contribution in [2.24, 2.45) is 5.73 Å². The third kappa shape index (κ3) is 3.78. The largest absolute Gasteiger partial charge is 0.361 e. The minimum atomic E-state index is -0.196. The van der Waals surface area contributed by atoms with E-state index in [1.54, 1.807) is 23.5 Å². The third-order valence-electron chi connectivity index (χ3n) is 2.56. The van der Waals surface area contributed by atoms with Gasteiger partial charge < -0.3 is 11.1 Å². The summed E-state index contributed by atoms with van der Waals surface area (Å²) in [7, 11) is 0. The van der Waals surface area contributed by atoms with E-state index in [9.17, 15) is 4.39 Å². The quantitative estimate of drug-likeness (QED) is 0.843. The number of benzene rings is 1. The van der Waals surface area contributed by atoms with Gasteiger partial charge in [-0.3, -0.25) is 0 Å². The van der Waals surface area contributed by atoms with E-state index in [1.807, 2.05) is 5.38 Å². The molecule has 0 saturated carbocycles. The molecule has 0 unspecified atom stereocenters. The Balaban J connectivity index is 1.79. The van der Waals surface area contributed by atoms with Crippen molar-refractivity contribution in [2.45, 2.75) is 12.8 Å². The molecule has 2 rings (SSSR count). The van der Waals surface area contributed by atoms with Gasteiger partial charge in [-0.2, -0.15) is 0 Å². The number of anilines is 1. The molecule has 96 valence electrons. The molecule has 1 aromatic carbocycles. The highest BCUT2D eigenvalue weighted by atomic mass is 32.1. The van der Waals surface area contributed by atoms with Crippen molar-refractivity contribution < 1.29 is 4.39 Å². The number of nitrogens with two attached hydrogens (primary N) is 1. The second-order valence-corrected chi connectivity index (χ2v) is 4.84. The van der Waals surface area contributed by atoms with Crippen LogP contribution < -0.4 is 11.1 Å². The normalized spacial score (nSPS) is 10.6. The van der Waals surface area contributed by atoms with Gasteiger partial charge >= 0.3 is 0 Å². The summed E-state index contributed by atoms with van der Waals surface area (Å²) >= 11 is 1.59. The first-order valence-electron chi connectivity index (χ1n) is 5.90. The van der Waals surface area contributed by atoms with E-state index in [1.165, 1.54) is 12.1 Å². The maximum Gasteiger partial charge on any atom is 0.182 e. The monoisotopic (exact) mass is 265 g/mol. The van der Waals surface area contributed by atoms with E-state index >= 15 is 0 Å². The molecule has 2 aromatic rings. The minimum absolute atomic E-state index is 0.196. The molecule has 0 aliphatic heterocycles. The Morgan fingerprint density at radius 3 is 2.72 bits per heavy atom. The van der Waals surface area contributed by atoms with Crippen molar-refractivity contribution in [3.63, 3.8) is 0 Å². The molecule has 0 radical (unpaired) electrons. The van der Waals surface area contributed by atoms with Crippen LogP contribution >= 0.6 is 11.3 Å². The van der Waals surface area contributed by atoms with Gasteiger partial charge in [0, 0.05) is 18.3 Å². The van der Waals surface area contributed by atoms with Crippen LogP contribution in [0.5, 0.6) is 0 Å². The highest BCUT2D eigenvalue weighted by Crippen LogP contribution is 2.15. The highest BCUT2D eigenvalue weighted by Gasteiger charge is 2.00. The van der Waals surface area contributed by atoms with Crippen molar-refractivity contribution in [3.8, 4) is 0 Å². The number of aromatic nitrogens is 1. The third-order valence-corrected chi connectivity index (χ3v) is 3.40. The van der Waals surface area contributed by atoms with E-state index in [4.69, 9.17) is 5.73 Å². The predicted molar refractivity (Wildman–Crippen MR) is 73.5 cm³/mol. The van der Waals surface area contributed by atoms with Gasteiger partial charge in [0.2, 0.25) is 0 Å². The van der Waals surface area contributed by atoms with E-state index < -0.39 is 0 Å². The smallest absolute Gasteiger partial charge is 0.182 e. The lowest BCUT2D eigenvalue weighted by atomic mass is 10.1. The first-order valence-corrected chi connectivity index (χ1v) is 6.78. The van der Waals surface area contributed by atoms with E-state index in [0.29, 0.717) is 6.54 Å². The summed E-state index contributed by atoms with van der Waals surface area (Å²) < 4.78 is 12.7. The number of nitrogens with zero attached hydrogens (tertiary/aromatic N) is 1. The molecular weight excluding hydrogens is 249 g/mol. The summed E-state index contributed by atoms with van der Waals surface area (Å²) in [6.45, 7) is 1.42. The Morgan fingerprint density at radius 2 is 2.00 bits per heavy atom. The number of halogens is 1. The lowest BCUT2D eigenvalue weighted by Crippen LogP contribution is -2.06. The zero-order valence-corrected chi connectivity index (χ0v) is 10.8. The molecule has 1 heterocycles. The molecule has 3 N–H and O–H groups in total. The van der Waals surface area contributed by atoms with E-state index in [-0.39, 0.29) is 5.82 Å². The first-order chi connectivity index (χ1) is 8.78. The van der Waals surface area contributed by atoms with Gasteiger partial charge in [-0.1, -0.05) is 12.1 Å². The maximum absolute atomic E-state index is 12.7. The van der Waals surface area contributed by atoms with E-state index in [2.05, 4.69) is 10.3 Å². The van der Waals surface area contributed by atoms with Crippen LogP contribution in [-0.2, 0) is 12.8 Å².